The summed E-state index contributed by atoms with van der Waals surface area (Å²) in [5, 5.41) is 11.2. The molecule has 0 atom stereocenters. The van der Waals surface area contributed by atoms with Crippen molar-refractivity contribution in [2.75, 3.05) is 11.7 Å². The Kier molecular flexibility index (Phi) is 5.27. The van der Waals surface area contributed by atoms with Crippen LogP contribution in [0.5, 0.6) is 5.75 Å². The summed E-state index contributed by atoms with van der Waals surface area (Å²) in [6.07, 6.45) is 0. The van der Waals surface area contributed by atoms with Gasteiger partial charge in [-0.2, -0.15) is 0 Å². The monoisotopic (exact) mass is 460 g/mol. The maximum Gasteiger partial charge on any atom is 0.338 e. The Balaban J connectivity index is 1.32. The predicted molar refractivity (Wildman–Crippen MR) is 117 cm³/mol. The van der Waals surface area contributed by atoms with Gasteiger partial charge in [0.25, 0.3) is 17.5 Å². The highest BCUT2D eigenvalue weighted by atomic mass is 16.7. The molecule has 10 nitrogen and oxygen atoms in total. The number of benzene rings is 3. The Labute approximate surface area is 192 Å². The molecule has 3 aromatic rings. The number of imide groups is 1. The summed E-state index contributed by atoms with van der Waals surface area (Å²) in [6.45, 7) is -0.106. The van der Waals surface area contributed by atoms with Gasteiger partial charge in [-0.3, -0.25) is 19.7 Å². The van der Waals surface area contributed by atoms with Gasteiger partial charge in [0.05, 0.1) is 33.9 Å². The van der Waals surface area contributed by atoms with E-state index < -0.39 is 22.7 Å². The number of hydrogen-bond donors (Lipinski definition) is 0. The maximum absolute atomic E-state index is 12.6. The quantitative estimate of drug-likeness (QED) is 0.245. The summed E-state index contributed by atoms with van der Waals surface area (Å²) in [5.41, 5.74) is 1.84. The van der Waals surface area contributed by atoms with E-state index in [0.29, 0.717) is 33.7 Å². The number of carbonyl (C=O) groups is 3. The van der Waals surface area contributed by atoms with E-state index in [4.69, 9.17) is 14.2 Å². The minimum absolute atomic E-state index is 0.00890. The van der Waals surface area contributed by atoms with E-state index in [-0.39, 0.29) is 31.3 Å². The summed E-state index contributed by atoms with van der Waals surface area (Å²) in [5.74, 6) is -1.16. The minimum Gasteiger partial charge on any atom is -0.467 e. The molecule has 5 rings (SSSR count). The largest absolute Gasteiger partial charge is 0.467 e. The van der Waals surface area contributed by atoms with Crippen molar-refractivity contribution < 1.29 is 33.5 Å². The molecule has 2 heterocycles. The molecule has 0 bridgehead atoms. The number of nitrogens with zero attached hydrogens (tertiary/aromatic N) is 2. The van der Waals surface area contributed by atoms with Gasteiger partial charge in [-0.25, -0.2) is 9.69 Å². The SMILES string of the molecule is O=C(OCc1cc([N+](=O)[O-])cc2c1OCOC2)c1ccc(N2C(=O)c3ccccc3C2=O)cc1. The van der Waals surface area contributed by atoms with Crippen molar-refractivity contribution in [2.45, 2.75) is 13.2 Å². The van der Waals surface area contributed by atoms with Gasteiger partial charge in [0.2, 0.25) is 0 Å². The van der Waals surface area contributed by atoms with Gasteiger partial charge >= 0.3 is 5.97 Å². The second-order valence-corrected chi connectivity index (χ2v) is 7.58. The van der Waals surface area contributed by atoms with E-state index in [1.165, 1.54) is 36.4 Å². The van der Waals surface area contributed by atoms with Crippen LogP contribution < -0.4 is 9.64 Å². The molecule has 0 aromatic heterocycles. The van der Waals surface area contributed by atoms with E-state index >= 15 is 0 Å². The molecular weight excluding hydrogens is 444 g/mol. The van der Waals surface area contributed by atoms with Crippen LogP contribution in [0.2, 0.25) is 0 Å². The van der Waals surface area contributed by atoms with Crippen LogP contribution in [0.1, 0.15) is 42.2 Å². The number of non-ortho nitro benzene ring substituents is 1. The molecule has 34 heavy (non-hydrogen) atoms. The first kappa shape index (κ1) is 21.3. The molecule has 0 saturated heterocycles. The molecule has 0 radical (unpaired) electrons. The lowest BCUT2D eigenvalue weighted by atomic mass is 10.1. The molecule has 0 saturated carbocycles. The average molecular weight is 460 g/mol. The topological polar surface area (TPSA) is 125 Å². The lowest BCUT2D eigenvalue weighted by Crippen LogP contribution is -2.29. The second kappa shape index (κ2) is 8.41. The van der Waals surface area contributed by atoms with Gasteiger partial charge in [0, 0.05) is 23.3 Å². The highest BCUT2D eigenvalue weighted by molar-refractivity contribution is 6.34. The molecule has 170 valence electrons. The molecule has 0 N–H and O–H groups in total. The smallest absolute Gasteiger partial charge is 0.338 e. The molecule has 10 heteroatoms. The fraction of sp³-hybridized carbons (Fsp3) is 0.125. The van der Waals surface area contributed by atoms with Gasteiger partial charge in [-0.05, 0) is 36.4 Å². The molecule has 0 fully saturated rings. The Hall–Kier alpha value is -4.57. The highest BCUT2D eigenvalue weighted by Crippen LogP contribution is 2.33. The third-order valence-electron chi connectivity index (χ3n) is 5.50. The zero-order valence-electron chi connectivity index (χ0n) is 17.6. The number of nitro benzene ring substituents is 1. The summed E-state index contributed by atoms with van der Waals surface area (Å²) in [6, 6.07) is 15.0. The number of amides is 2. The van der Waals surface area contributed by atoms with Crippen LogP contribution in [0.4, 0.5) is 11.4 Å². The first-order chi connectivity index (χ1) is 16.4. The Morgan fingerprint density at radius 1 is 1.03 bits per heavy atom. The molecule has 0 aliphatic carbocycles. The molecule has 2 amide bonds. The van der Waals surface area contributed by atoms with Gasteiger partial charge in [-0.1, -0.05) is 12.1 Å². The number of esters is 1. The number of nitro groups is 1. The molecule has 2 aliphatic heterocycles. The van der Waals surface area contributed by atoms with E-state index in [1.807, 2.05) is 0 Å². The summed E-state index contributed by atoms with van der Waals surface area (Å²) in [7, 11) is 0. The summed E-state index contributed by atoms with van der Waals surface area (Å²) in [4.78, 5) is 49.6. The van der Waals surface area contributed by atoms with E-state index in [2.05, 4.69) is 0 Å². The van der Waals surface area contributed by atoms with Crippen LogP contribution in [-0.2, 0) is 22.7 Å². The Bertz CT molecular complexity index is 1310. The van der Waals surface area contributed by atoms with Crippen LogP contribution >= 0.6 is 0 Å². The lowest BCUT2D eigenvalue weighted by Gasteiger charge is -2.20. The van der Waals surface area contributed by atoms with Crippen molar-refractivity contribution in [3.05, 3.63) is 98.6 Å². The fourth-order valence-corrected chi connectivity index (χ4v) is 3.89. The van der Waals surface area contributed by atoms with Crippen molar-refractivity contribution in [1.29, 1.82) is 0 Å². The van der Waals surface area contributed by atoms with Gasteiger partial charge in [-0.15, -0.1) is 0 Å². The van der Waals surface area contributed by atoms with E-state index in [9.17, 15) is 24.5 Å². The first-order valence-electron chi connectivity index (χ1n) is 10.2. The second-order valence-electron chi connectivity index (χ2n) is 7.58. The number of anilines is 1. The number of carbonyl (C=O) groups excluding carboxylic acids is 3. The summed E-state index contributed by atoms with van der Waals surface area (Å²) < 4.78 is 15.9. The van der Waals surface area contributed by atoms with E-state index in [0.717, 1.165) is 4.90 Å². The molecular formula is C24H16N2O8. The van der Waals surface area contributed by atoms with Crippen molar-refractivity contribution in [2.24, 2.45) is 0 Å². The van der Waals surface area contributed by atoms with Crippen LogP contribution in [0, 0.1) is 10.1 Å². The number of ether oxygens (including phenoxy) is 3. The Morgan fingerprint density at radius 3 is 2.35 bits per heavy atom. The fourth-order valence-electron chi connectivity index (χ4n) is 3.89. The summed E-state index contributed by atoms with van der Waals surface area (Å²) >= 11 is 0. The number of hydrogen-bond acceptors (Lipinski definition) is 8. The van der Waals surface area contributed by atoms with Crippen LogP contribution in [0.3, 0.4) is 0 Å². The third-order valence-corrected chi connectivity index (χ3v) is 5.50. The molecule has 2 aliphatic rings. The van der Waals surface area contributed by atoms with Crippen molar-refractivity contribution >= 4 is 29.2 Å². The number of fused-ring (bicyclic) bond motifs is 2. The van der Waals surface area contributed by atoms with Gasteiger partial charge in [0.1, 0.15) is 12.4 Å². The third kappa shape index (κ3) is 3.65. The first-order valence-corrected chi connectivity index (χ1v) is 10.2. The number of rotatable bonds is 5. The molecule has 3 aromatic carbocycles. The average Bonchev–Trinajstić information content (AvgIpc) is 3.12. The zero-order chi connectivity index (χ0) is 23.8. The minimum atomic E-state index is -0.679. The molecule has 0 unspecified atom stereocenters. The lowest BCUT2D eigenvalue weighted by molar-refractivity contribution is -0.385. The standard InChI is InChI=1S/C24H16N2O8/c27-22-19-3-1-2-4-20(19)23(28)25(22)17-7-5-14(6-8-17)24(29)33-12-16-10-18(26(30)31)9-15-11-32-13-34-21(15)16/h1-10H,11-13H2. The highest BCUT2D eigenvalue weighted by Gasteiger charge is 2.36. The van der Waals surface area contributed by atoms with Crippen LogP contribution in [0.25, 0.3) is 0 Å². The maximum atomic E-state index is 12.6. The molecule has 0 spiro atoms. The van der Waals surface area contributed by atoms with Crippen molar-refractivity contribution in [3.8, 4) is 5.75 Å². The van der Waals surface area contributed by atoms with E-state index in [1.54, 1.807) is 24.3 Å². The van der Waals surface area contributed by atoms with Crippen LogP contribution in [0.15, 0.2) is 60.7 Å². The van der Waals surface area contributed by atoms with Crippen molar-refractivity contribution in [1.82, 2.24) is 0 Å². The van der Waals surface area contributed by atoms with Crippen LogP contribution in [-0.4, -0.2) is 29.5 Å². The van der Waals surface area contributed by atoms with Crippen molar-refractivity contribution in [3.63, 3.8) is 0 Å². The van der Waals surface area contributed by atoms with Gasteiger partial charge < -0.3 is 14.2 Å². The van der Waals surface area contributed by atoms with Gasteiger partial charge in [0.15, 0.2) is 6.79 Å². The Morgan fingerprint density at radius 2 is 1.71 bits per heavy atom. The predicted octanol–water partition coefficient (Wildman–Crippen LogP) is 3.62. The normalized spacial score (nSPS) is 14.3. The zero-order valence-corrected chi connectivity index (χ0v) is 17.6.